The van der Waals surface area contributed by atoms with Crippen LogP contribution in [0.4, 0.5) is 0 Å². The number of fused-ring (bicyclic) bond motifs is 1. The van der Waals surface area contributed by atoms with Crippen molar-refractivity contribution in [3.05, 3.63) is 93.5 Å². The molecule has 0 spiro atoms. The van der Waals surface area contributed by atoms with Crippen molar-refractivity contribution < 1.29 is 19.4 Å². The van der Waals surface area contributed by atoms with Crippen LogP contribution in [0.2, 0.25) is 5.02 Å². The Labute approximate surface area is 171 Å². The van der Waals surface area contributed by atoms with Crippen molar-refractivity contribution in [2.45, 2.75) is 12.3 Å². The van der Waals surface area contributed by atoms with Crippen LogP contribution in [0, 0.1) is 11.3 Å². The second kappa shape index (κ2) is 7.42. The normalized spacial score (nSPS) is 15.2. The number of hydrogen-bond acceptors (Lipinski definition) is 5. The van der Waals surface area contributed by atoms with Crippen LogP contribution in [0.25, 0.3) is 0 Å². The number of hydrogen-bond donors (Lipinski definition) is 1. The molecule has 0 amide bonds. The molecule has 0 bridgehead atoms. The number of carbonyl (C=O) groups excluding carboxylic acids is 2. The van der Waals surface area contributed by atoms with E-state index in [2.05, 4.69) is 0 Å². The summed E-state index contributed by atoms with van der Waals surface area (Å²) < 4.78 is 5.29. The smallest absolute Gasteiger partial charge is 0.312 e. The highest BCUT2D eigenvalue weighted by atomic mass is 35.5. The van der Waals surface area contributed by atoms with E-state index < -0.39 is 11.9 Å². The van der Waals surface area contributed by atoms with Crippen molar-refractivity contribution >= 4 is 23.4 Å². The number of ether oxygens (including phenoxy) is 1. The van der Waals surface area contributed by atoms with Gasteiger partial charge in [-0.15, -0.1) is 0 Å². The van der Waals surface area contributed by atoms with E-state index in [1.165, 1.54) is 12.1 Å². The Morgan fingerprint density at radius 1 is 1.07 bits per heavy atom. The van der Waals surface area contributed by atoms with Crippen molar-refractivity contribution in [3.63, 3.8) is 0 Å². The average Bonchev–Trinajstić information content (AvgIpc) is 2.73. The van der Waals surface area contributed by atoms with Gasteiger partial charge in [0.2, 0.25) is 0 Å². The third-order valence-corrected chi connectivity index (χ3v) is 5.17. The summed E-state index contributed by atoms with van der Waals surface area (Å²) >= 11 is 5.88. The average molecular weight is 404 g/mol. The van der Waals surface area contributed by atoms with E-state index in [0.29, 0.717) is 21.7 Å². The van der Waals surface area contributed by atoms with Crippen LogP contribution in [-0.2, 0) is 4.79 Å². The van der Waals surface area contributed by atoms with E-state index in [4.69, 9.17) is 21.6 Å². The first-order valence-corrected chi connectivity index (χ1v) is 9.22. The molecule has 0 aromatic heterocycles. The molecule has 4 rings (SSSR count). The Hall–Kier alpha value is -3.62. The fraction of sp³-hybridized carbons (Fsp3) is 0.0870. The van der Waals surface area contributed by atoms with Crippen molar-refractivity contribution in [2.75, 3.05) is 0 Å². The van der Waals surface area contributed by atoms with E-state index in [9.17, 15) is 14.7 Å². The Balaban J connectivity index is 1.81. The maximum atomic E-state index is 12.9. The molecule has 142 valence electrons. The zero-order valence-corrected chi connectivity index (χ0v) is 15.8. The summed E-state index contributed by atoms with van der Waals surface area (Å²) in [5, 5.41) is 20.4. The minimum Gasteiger partial charge on any atom is -0.507 e. The Kier molecular flexibility index (Phi) is 4.79. The second-order valence-corrected chi connectivity index (χ2v) is 7.11. The van der Waals surface area contributed by atoms with Crippen LogP contribution in [0.3, 0.4) is 0 Å². The monoisotopic (exact) mass is 403 g/mol. The topological polar surface area (TPSA) is 87.4 Å². The SMILES string of the molecule is N#Cc1ccc([C@H]2CC(=O)Oc3ccc(C(=O)c4ccc(Cl)cc4)c(O)c32)cc1. The van der Waals surface area contributed by atoms with Gasteiger partial charge in [0.25, 0.3) is 0 Å². The lowest BCUT2D eigenvalue weighted by Gasteiger charge is -2.26. The zero-order chi connectivity index (χ0) is 20.5. The highest BCUT2D eigenvalue weighted by molar-refractivity contribution is 6.30. The number of rotatable bonds is 3. The molecule has 6 heteroatoms. The lowest BCUT2D eigenvalue weighted by atomic mass is 9.83. The molecule has 1 N–H and O–H groups in total. The van der Waals surface area contributed by atoms with E-state index >= 15 is 0 Å². The minimum atomic E-state index is -0.489. The van der Waals surface area contributed by atoms with Gasteiger partial charge >= 0.3 is 5.97 Å². The summed E-state index contributed by atoms with van der Waals surface area (Å²) in [4.78, 5) is 25.0. The zero-order valence-electron chi connectivity index (χ0n) is 15.1. The summed E-state index contributed by atoms with van der Waals surface area (Å²) in [5.74, 6) is -1.28. The molecule has 29 heavy (non-hydrogen) atoms. The molecule has 1 atom stereocenters. The van der Waals surface area contributed by atoms with Gasteiger partial charge in [-0.05, 0) is 54.1 Å². The summed E-state index contributed by atoms with van der Waals surface area (Å²) in [6, 6.07) is 18.2. The number of nitriles is 1. The van der Waals surface area contributed by atoms with E-state index in [0.717, 1.165) is 5.56 Å². The van der Waals surface area contributed by atoms with E-state index in [1.54, 1.807) is 48.5 Å². The van der Waals surface area contributed by atoms with Gasteiger partial charge in [-0.1, -0.05) is 23.7 Å². The molecule has 1 heterocycles. The molecule has 0 aliphatic carbocycles. The second-order valence-electron chi connectivity index (χ2n) is 6.67. The third kappa shape index (κ3) is 3.46. The fourth-order valence-corrected chi connectivity index (χ4v) is 3.59. The summed E-state index contributed by atoms with van der Waals surface area (Å²) in [6.45, 7) is 0. The first-order valence-electron chi connectivity index (χ1n) is 8.85. The molecule has 0 unspecified atom stereocenters. The van der Waals surface area contributed by atoms with Crippen LogP contribution in [0.1, 0.15) is 45.0 Å². The number of nitrogens with zero attached hydrogens (tertiary/aromatic N) is 1. The van der Waals surface area contributed by atoms with Crippen LogP contribution in [0.15, 0.2) is 60.7 Å². The molecular formula is C23H14ClNO4. The maximum absolute atomic E-state index is 12.9. The highest BCUT2D eigenvalue weighted by Crippen LogP contribution is 2.45. The van der Waals surface area contributed by atoms with Crippen LogP contribution in [-0.4, -0.2) is 16.9 Å². The maximum Gasteiger partial charge on any atom is 0.312 e. The largest absolute Gasteiger partial charge is 0.507 e. The fourth-order valence-electron chi connectivity index (χ4n) is 3.46. The Bertz CT molecular complexity index is 1160. The molecule has 0 saturated heterocycles. The van der Waals surface area contributed by atoms with Gasteiger partial charge in [0.05, 0.1) is 23.6 Å². The summed E-state index contributed by atoms with van der Waals surface area (Å²) in [6.07, 6.45) is 0.0189. The van der Waals surface area contributed by atoms with Crippen LogP contribution >= 0.6 is 11.6 Å². The highest BCUT2D eigenvalue weighted by Gasteiger charge is 2.33. The van der Waals surface area contributed by atoms with Crippen LogP contribution < -0.4 is 4.74 Å². The Morgan fingerprint density at radius 2 is 1.76 bits per heavy atom. The summed E-state index contributed by atoms with van der Waals surface area (Å²) in [5.41, 5.74) is 2.11. The number of halogens is 1. The van der Waals surface area contributed by atoms with Crippen molar-refractivity contribution in [1.29, 1.82) is 5.26 Å². The predicted molar refractivity (Wildman–Crippen MR) is 106 cm³/mol. The first kappa shape index (κ1) is 18.7. The molecule has 3 aromatic rings. The predicted octanol–water partition coefficient (Wildman–Crippen LogP) is 4.59. The van der Waals surface area contributed by atoms with Gasteiger partial charge in [-0.3, -0.25) is 9.59 Å². The third-order valence-electron chi connectivity index (χ3n) is 4.91. The number of aromatic hydroxyl groups is 1. The van der Waals surface area contributed by atoms with Crippen LogP contribution in [0.5, 0.6) is 11.5 Å². The Morgan fingerprint density at radius 3 is 2.41 bits per heavy atom. The van der Waals surface area contributed by atoms with Gasteiger partial charge in [0.15, 0.2) is 5.78 Å². The molecule has 3 aromatic carbocycles. The number of ketones is 1. The first-order chi connectivity index (χ1) is 14.0. The van der Waals surface area contributed by atoms with E-state index in [1.807, 2.05) is 6.07 Å². The number of esters is 1. The lowest BCUT2D eigenvalue weighted by molar-refractivity contribution is -0.135. The van der Waals surface area contributed by atoms with Gasteiger partial charge in [0.1, 0.15) is 11.5 Å². The van der Waals surface area contributed by atoms with Gasteiger partial charge in [-0.2, -0.15) is 5.26 Å². The molecule has 0 fully saturated rings. The van der Waals surface area contributed by atoms with Crippen molar-refractivity contribution in [2.24, 2.45) is 0 Å². The minimum absolute atomic E-state index is 0.0189. The molecule has 1 aliphatic heterocycles. The van der Waals surface area contributed by atoms with Gasteiger partial charge < -0.3 is 9.84 Å². The number of carbonyl (C=O) groups is 2. The van der Waals surface area contributed by atoms with Crippen molar-refractivity contribution in [3.8, 4) is 17.6 Å². The lowest BCUT2D eigenvalue weighted by Crippen LogP contribution is -2.22. The molecule has 0 saturated carbocycles. The molecule has 0 radical (unpaired) electrons. The number of phenolic OH excluding ortho intramolecular Hbond substituents is 1. The quantitative estimate of drug-likeness (QED) is 0.392. The van der Waals surface area contributed by atoms with Gasteiger partial charge in [-0.25, -0.2) is 0 Å². The number of phenols is 1. The van der Waals surface area contributed by atoms with E-state index in [-0.39, 0.29) is 29.3 Å². The summed E-state index contributed by atoms with van der Waals surface area (Å²) in [7, 11) is 0. The van der Waals surface area contributed by atoms with Crippen molar-refractivity contribution in [1.82, 2.24) is 0 Å². The molecule has 1 aliphatic rings. The molecule has 5 nitrogen and oxygen atoms in total. The standard InChI is InChI=1S/C23H14ClNO4/c24-16-7-5-15(6-8-16)22(27)17-9-10-19-21(23(17)28)18(11-20(26)29-19)14-3-1-13(12-25)2-4-14/h1-10,18,28H,11H2/t18-/m1/s1. The molecular weight excluding hydrogens is 390 g/mol. The number of benzene rings is 3. The van der Waals surface area contributed by atoms with Gasteiger partial charge in [0, 0.05) is 22.1 Å².